The molecule has 2 aliphatic heterocycles. The van der Waals surface area contributed by atoms with Gasteiger partial charge >= 0.3 is 0 Å². The molecular weight excluding hydrogens is 488 g/mol. The van der Waals surface area contributed by atoms with Crippen LogP contribution in [0.25, 0.3) is 0 Å². The number of nitrogens with one attached hydrogen (secondary N) is 1. The normalized spacial score (nSPS) is 29.5. The van der Waals surface area contributed by atoms with Gasteiger partial charge in [0.05, 0.1) is 5.02 Å². The van der Waals surface area contributed by atoms with Crippen molar-refractivity contribution in [1.29, 1.82) is 0 Å². The smallest absolute Gasteiger partial charge is 0.270 e. The topological polar surface area (TPSA) is 89.6 Å². The molecule has 1 unspecified atom stereocenters. The van der Waals surface area contributed by atoms with E-state index in [2.05, 4.69) is 32.3 Å². The molecule has 9 heteroatoms. The van der Waals surface area contributed by atoms with Crippen molar-refractivity contribution in [2.45, 2.75) is 36.9 Å². The predicted octanol–water partition coefficient (Wildman–Crippen LogP) is 4.11. The molecule has 1 fully saturated rings. The molecule has 5 rings (SSSR count). The summed E-state index contributed by atoms with van der Waals surface area (Å²) >= 11 is 11.1. The number of aromatic nitrogens is 1. The Kier molecular flexibility index (Phi) is 5.19. The van der Waals surface area contributed by atoms with Gasteiger partial charge in [-0.15, -0.1) is 0 Å². The molecule has 4 atom stereocenters. The lowest BCUT2D eigenvalue weighted by molar-refractivity contribution is 0.0155. The van der Waals surface area contributed by atoms with Crippen molar-refractivity contribution in [2.75, 3.05) is 5.75 Å². The van der Waals surface area contributed by atoms with E-state index in [-0.39, 0.29) is 24.0 Å². The molecule has 0 radical (unpaired) electrons. The van der Waals surface area contributed by atoms with Crippen LogP contribution in [0, 0.1) is 5.92 Å². The number of amidine groups is 1. The number of amides is 1. The Balaban J connectivity index is 1.43. The van der Waals surface area contributed by atoms with Crippen LogP contribution in [-0.4, -0.2) is 34.0 Å². The zero-order chi connectivity index (χ0) is 20.9. The van der Waals surface area contributed by atoms with Crippen LogP contribution in [0.1, 0.15) is 35.3 Å². The Hall–Kier alpha value is -1.77. The quantitative estimate of drug-likeness (QED) is 0.638. The molecule has 1 amide bonds. The van der Waals surface area contributed by atoms with Gasteiger partial charge in [0, 0.05) is 33.9 Å². The van der Waals surface area contributed by atoms with E-state index in [0.717, 1.165) is 40.8 Å². The van der Waals surface area contributed by atoms with Gasteiger partial charge in [-0.25, -0.2) is 9.98 Å². The summed E-state index contributed by atoms with van der Waals surface area (Å²) in [5, 5.41) is 4.26. The third-order valence-electron chi connectivity index (χ3n) is 6.13. The van der Waals surface area contributed by atoms with E-state index in [1.807, 2.05) is 12.1 Å². The van der Waals surface area contributed by atoms with E-state index < -0.39 is 5.54 Å². The van der Waals surface area contributed by atoms with Gasteiger partial charge in [-0.2, -0.15) is 0 Å². The summed E-state index contributed by atoms with van der Waals surface area (Å²) in [6, 6.07) is 9.42. The lowest BCUT2D eigenvalue weighted by Gasteiger charge is -2.48. The van der Waals surface area contributed by atoms with Crippen molar-refractivity contribution >= 4 is 50.4 Å². The number of hydrogen-bond donors (Lipinski definition) is 2. The van der Waals surface area contributed by atoms with Gasteiger partial charge in [0.25, 0.3) is 5.91 Å². The summed E-state index contributed by atoms with van der Waals surface area (Å²) in [6.45, 7) is 0. The van der Waals surface area contributed by atoms with Crippen molar-refractivity contribution in [1.82, 2.24) is 10.3 Å². The molecule has 3 aliphatic rings. The summed E-state index contributed by atoms with van der Waals surface area (Å²) in [5.74, 6) is 1.61. The highest BCUT2D eigenvalue weighted by Crippen LogP contribution is 2.54. The number of ether oxygens (including phenoxy) is 1. The van der Waals surface area contributed by atoms with Gasteiger partial charge in [-0.3, -0.25) is 4.79 Å². The number of fused-ring (bicyclic) bond motifs is 4. The molecule has 6 nitrogen and oxygen atoms in total. The Labute approximate surface area is 192 Å². The monoisotopic (exact) mass is 506 g/mol. The average molecular weight is 508 g/mol. The number of carbonyl (C=O) groups excluding carboxylic acids is 1. The Morgan fingerprint density at radius 2 is 2.20 bits per heavy atom. The van der Waals surface area contributed by atoms with Gasteiger partial charge in [0.1, 0.15) is 23.1 Å². The van der Waals surface area contributed by atoms with Crippen LogP contribution < -0.4 is 15.8 Å². The van der Waals surface area contributed by atoms with E-state index in [4.69, 9.17) is 27.1 Å². The molecule has 3 heterocycles. The molecule has 1 saturated carbocycles. The minimum absolute atomic E-state index is 0.0208. The number of halogens is 2. The lowest BCUT2D eigenvalue weighted by atomic mass is 9.67. The van der Waals surface area contributed by atoms with Crippen molar-refractivity contribution in [3.8, 4) is 5.75 Å². The third kappa shape index (κ3) is 3.48. The maximum Gasteiger partial charge on any atom is 0.270 e. The van der Waals surface area contributed by atoms with Crippen molar-refractivity contribution in [3.05, 3.63) is 57.3 Å². The molecular formula is C21H20BrClN4O2S. The highest BCUT2D eigenvalue weighted by Gasteiger charge is 2.54. The molecule has 30 heavy (non-hydrogen) atoms. The van der Waals surface area contributed by atoms with Crippen LogP contribution >= 0.6 is 39.3 Å². The van der Waals surface area contributed by atoms with Crippen molar-refractivity contribution < 1.29 is 9.53 Å². The summed E-state index contributed by atoms with van der Waals surface area (Å²) in [7, 11) is 0. The highest BCUT2D eigenvalue weighted by atomic mass is 79.9. The number of aliphatic imine (C=N–C) groups is 1. The van der Waals surface area contributed by atoms with Crippen LogP contribution in [0.5, 0.6) is 5.75 Å². The van der Waals surface area contributed by atoms with Gasteiger partial charge < -0.3 is 15.8 Å². The first-order valence-corrected chi connectivity index (χ1v) is 12.0. The standard InChI is InChI=1S/C21H20BrClN4O2S/c22-11-1-5-17-14(7-11)21(10-30-20(24)27-21)15-8-13(3-6-18(15)29-17)26-19(28)16-4-2-12(23)9-25-16/h1-2,4-5,7,9,13,15,18H,3,6,8,10H2,(H2,24,27)(H,26,28)/t13-,15+,18+,21?/m1/s1. The third-order valence-corrected chi connectivity index (χ3v) is 7.82. The molecule has 1 spiro atoms. The molecule has 156 valence electrons. The number of rotatable bonds is 2. The highest BCUT2D eigenvalue weighted by molar-refractivity contribution is 9.10. The SMILES string of the molecule is NC1=NC2(CS1)c1cc(Br)ccc1O[C@H]1CC[C@@H](NC(=O)c3ccc(Cl)cn3)C[C@@H]12. The number of thioether (sulfide) groups is 1. The van der Waals surface area contributed by atoms with Crippen LogP contribution in [-0.2, 0) is 5.54 Å². The summed E-state index contributed by atoms with van der Waals surface area (Å²) in [4.78, 5) is 21.8. The molecule has 2 aromatic rings. The lowest BCUT2D eigenvalue weighted by Crippen LogP contribution is -2.54. The van der Waals surface area contributed by atoms with Crippen LogP contribution in [0.4, 0.5) is 0 Å². The molecule has 0 saturated heterocycles. The minimum Gasteiger partial charge on any atom is -0.490 e. The molecule has 1 aromatic heterocycles. The van der Waals surface area contributed by atoms with E-state index in [1.165, 1.54) is 6.20 Å². The van der Waals surface area contributed by atoms with Crippen LogP contribution in [0.15, 0.2) is 46.0 Å². The predicted molar refractivity (Wildman–Crippen MR) is 122 cm³/mol. The fourth-order valence-corrected chi connectivity index (χ4v) is 6.27. The average Bonchev–Trinajstić information content (AvgIpc) is 3.12. The maximum atomic E-state index is 12.7. The van der Waals surface area contributed by atoms with E-state index >= 15 is 0 Å². The second-order valence-corrected chi connectivity index (χ2v) is 10.3. The van der Waals surface area contributed by atoms with Crippen molar-refractivity contribution in [2.24, 2.45) is 16.6 Å². The van der Waals surface area contributed by atoms with E-state index in [1.54, 1.807) is 23.9 Å². The van der Waals surface area contributed by atoms with E-state index in [9.17, 15) is 4.79 Å². The van der Waals surface area contributed by atoms with Crippen LogP contribution in [0.2, 0.25) is 5.02 Å². The number of nitrogens with zero attached hydrogens (tertiary/aromatic N) is 2. The molecule has 1 aliphatic carbocycles. The molecule has 0 bridgehead atoms. The number of carbonyl (C=O) groups is 1. The summed E-state index contributed by atoms with van der Waals surface area (Å²) < 4.78 is 7.37. The van der Waals surface area contributed by atoms with Gasteiger partial charge in [0.15, 0.2) is 5.17 Å². The van der Waals surface area contributed by atoms with Gasteiger partial charge in [-0.05, 0) is 49.6 Å². The number of benzene rings is 1. The fourth-order valence-electron chi connectivity index (χ4n) is 4.77. The first-order chi connectivity index (χ1) is 14.4. The van der Waals surface area contributed by atoms with Crippen LogP contribution in [0.3, 0.4) is 0 Å². The molecule has 1 aromatic carbocycles. The second kappa shape index (κ2) is 7.73. The number of hydrogen-bond acceptors (Lipinski definition) is 6. The van der Waals surface area contributed by atoms with E-state index in [0.29, 0.717) is 15.9 Å². The van der Waals surface area contributed by atoms with Crippen molar-refractivity contribution in [3.63, 3.8) is 0 Å². The number of nitrogens with two attached hydrogens (primary N) is 1. The Morgan fingerprint density at radius 3 is 2.93 bits per heavy atom. The fraction of sp³-hybridized carbons (Fsp3) is 0.381. The largest absolute Gasteiger partial charge is 0.490 e. The second-order valence-electron chi connectivity index (χ2n) is 7.91. The first kappa shape index (κ1) is 20.2. The van der Waals surface area contributed by atoms with Gasteiger partial charge in [-0.1, -0.05) is 39.3 Å². The molecule has 3 N–H and O–H groups in total. The maximum absolute atomic E-state index is 12.7. The van der Waals surface area contributed by atoms with Gasteiger partial charge in [0.2, 0.25) is 0 Å². The Morgan fingerprint density at radius 1 is 1.33 bits per heavy atom. The zero-order valence-electron chi connectivity index (χ0n) is 16.0. The summed E-state index contributed by atoms with van der Waals surface area (Å²) in [5.41, 5.74) is 7.13. The Bertz CT molecular complexity index is 1030. The first-order valence-electron chi connectivity index (χ1n) is 9.82. The minimum atomic E-state index is -0.432. The summed E-state index contributed by atoms with van der Waals surface area (Å²) in [6.07, 6.45) is 4.00. The number of pyridine rings is 1. The zero-order valence-corrected chi connectivity index (χ0v) is 19.1.